The largest absolute Gasteiger partial charge is 0.311 e. The molecule has 2 aliphatic carbocycles. The normalized spacial score (nSPS) is 27.0. The number of amides is 1. The maximum absolute atomic E-state index is 13.6. The fraction of sp³-hybridized carbons (Fsp3) is 0.455. The minimum absolute atomic E-state index is 0.00410. The van der Waals surface area contributed by atoms with Crippen molar-refractivity contribution in [1.82, 2.24) is 0 Å². The SMILES string of the molecule is CCN(C(=O)C12CCC(C1)C(C)(C)C2=O)c1cccc2ccccc12. The maximum Gasteiger partial charge on any atom is 0.240 e. The lowest BCUT2D eigenvalue weighted by molar-refractivity contribution is -0.143. The molecule has 1 amide bonds. The number of carbonyl (C=O) groups is 2. The van der Waals surface area contributed by atoms with E-state index in [9.17, 15) is 9.59 Å². The summed E-state index contributed by atoms with van der Waals surface area (Å²) >= 11 is 0. The number of carbonyl (C=O) groups excluding carboxylic acids is 2. The standard InChI is InChI=1S/C22H25NO2/c1-4-23(18-11-7-9-15-8-5-6-10-17(15)18)20(25)22-13-12-16(14-22)21(2,3)19(22)24/h5-11,16H,4,12-14H2,1-3H3. The van der Waals surface area contributed by atoms with Crippen LogP contribution in [0.3, 0.4) is 0 Å². The van der Waals surface area contributed by atoms with Gasteiger partial charge in [0.1, 0.15) is 5.41 Å². The van der Waals surface area contributed by atoms with E-state index in [1.807, 2.05) is 49.9 Å². The van der Waals surface area contributed by atoms with E-state index < -0.39 is 5.41 Å². The third-order valence-corrected chi connectivity index (χ3v) is 6.58. The molecule has 3 nitrogen and oxygen atoms in total. The second-order valence-corrected chi connectivity index (χ2v) is 8.12. The topological polar surface area (TPSA) is 37.4 Å². The molecule has 2 aromatic carbocycles. The first kappa shape index (κ1) is 16.3. The zero-order chi connectivity index (χ0) is 17.8. The van der Waals surface area contributed by atoms with Crippen LogP contribution in [0.1, 0.15) is 40.0 Å². The van der Waals surface area contributed by atoms with Crippen molar-refractivity contribution in [2.75, 3.05) is 11.4 Å². The summed E-state index contributed by atoms with van der Waals surface area (Å²) in [6.45, 7) is 6.60. The van der Waals surface area contributed by atoms with Gasteiger partial charge in [0.05, 0.1) is 5.69 Å². The monoisotopic (exact) mass is 335 g/mol. The fourth-order valence-electron chi connectivity index (χ4n) is 5.09. The molecule has 2 aromatic rings. The Bertz CT molecular complexity index is 864. The third-order valence-electron chi connectivity index (χ3n) is 6.58. The highest BCUT2D eigenvalue weighted by Crippen LogP contribution is 2.60. The van der Waals surface area contributed by atoms with Crippen LogP contribution in [0.5, 0.6) is 0 Å². The van der Waals surface area contributed by atoms with Crippen LogP contribution in [-0.4, -0.2) is 18.2 Å². The van der Waals surface area contributed by atoms with Crippen LogP contribution in [0.25, 0.3) is 10.8 Å². The minimum Gasteiger partial charge on any atom is -0.311 e. The Morgan fingerprint density at radius 3 is 2.56 bits per heavy atom. The first-order valence-corrected chi connectivity index (χ1v) is 9.26. The third kappa shape index (κ3) is 2.11. The number of Topliss-reactive ketones (excluding diaryl/α,β-unsaturated/α-hetero) is 1. The molecule has 2 aliphatic rings. The maximum atomic E-state index is 13.6. The smallest absolute Gasteiger partial charge is 0.240 e. The van der Waals surface area contributed by atoms with Crippen LogP contribution >= 0.6 is 0 Å². The van der Waals surface area contributed by atoms with Gasteiger partial charge in [0, 0.05) is 17.3 Å². The molecule has 0 heterocycles. The molecule has 2 unspecified atom stereocenters. The van der Waals surface area contributed by atoms with Crippen molar-refractivity contribution in [1.29, 1.82) is 0 Å². The van der Waals surface area contributed by atoms with Gasteiger partial charge in [-0.1, -0.05) is 50.2 Å². The molecular formula is C22H25NO2. The lowest BCUT2D eigenvalue weighted by atomic mass is 9.70. The number of rotatable bonds is 3. The molecule has 0 aliphatic heterocycles. The number of benzene rings is 2. The number of ketones is 1. The van der Waals surface area contributed by atoms with Gasteiger partial charge in [-0.2, -0.15) is 0 Å². The molecule has 25 heavy (non-hydrogen) atoms. The number of hydrogen-bond acceptors (Lipinski definition) is 2. The van der Waals surface area contributed by atoms with Gasteiger partial charge in [-0.05, 0) is 43.6 Å². The first-order chi connectivity index (χ1) is 11.9. The quantitative estimate of drug-likeness (QED) is 0.770. The summed E-state index contributed by atoms with van der Waals surface area (Å²) in [5, 5.41) is 2.18. The van der Waals surface area contributed by atoms with Crippen molar-refractivity contribution < 1.29 is 9.59 Å². The van der Waals surface area contributed by atoms with Crippen LogP contribution in [0.2, 0.25) is 0 Å². The summed E-state index contributed by atoms with van der Waals surface area (Å²) < 4.78 is 0. The molecule has 0 aromatic heterocycles. The Labute approximate surface area is 149 Å². The van der Waals surface area contributed by atoms with Gasteiger partial charge in [-0.3, -0.25) is 9.59 Å². The fourth-order valence-corrected chi connectivity index (χ4v) is 5.09. The number of fused-ring (bicyclic) bond motifs is 3. The van der Waals surface area contributed by atoms with Gasteiger partial charge in [-0.15, -0.1) is 0 Å². The van der Waals surface area contributed by atoms with E-state index in [1.165, 1.54) is 0 Å². The van der Waals surface area contributed by atoms with Gasteiger partial charge in [0.15, 0.2) is 5.78 Å². The van der Waals surface area contributed by atoms with E-state index in [4.69, 9.17) is 0 Å². The average Bonchev–Trinajstić information content (AvgIpc) is 3.15. The Morgan fingerprint density at radius 1 is 1.16 bits per heavy atom. The number of nitrogens with zero attached hydrogens (tertiary/aromatic N) is 1. The van der Waals surface area contributed by atoms with Crippen LogP contribution in [-0.2, 0) is 9.59 Å². The van der Waals surface area contributed by atoms with Crippen LogP contribution in [0.4, 0.5) is 5.69 Å². The van der Waals surface area contributed by atoms with Crippen LogP contribution < -0.4 is 4.90 Å². The summed E-state index contributed by atoms with van der Waals surface area (Å²) in [6, 6.07) is 14.2. The van der Waals surface area contributed by atoms with Crippen molar-refractivity contribution in [2.45, 2.75) is 40.0 Å². The second-order valence-electron chi connectivity index (χ2n) is 8.12. The molecular weight excluding hydrogens is 310 g/mol. The van der Waals surface area contributed by atoms with E-state index in [2.05, 4.69) is 18.2 Å². The zero-order valence-electron chi connectivity index (χ0n) is 15.2. The van der Waals surface area contributed by atoms with Crippen molar-refractivity contribution in [3.63, 3.8) is 0 Å². The van der Waals surface area contributed by atoms with Crippen molar-refractivity contribution in [3.05, 3.63) is 42.5 Å². The van der Waals surface area contributed by atoms with Crippen molar-refractivity contribution in [2.24, 2.45) is 16.7 Å². The van der Waals surface area contributed by atoms with Gasteiger partial charge < -0.3 is 4.90 Å². The van der Waals surface area contributed by atoms with Crippen molar-refractivity contribution >= 4 is 28.2 Å². The molecule has 0 N–H and O–H groups in total. The van der Waals surface area contributed by atoms with Gasteiger partial charge in [-0.25, -0.2) is 0 Å². The Morgan fingerprint density at radius 2 is 1.88 bits per heavy atom. The first-order valence-electron chi connectivity index (χ1n) is 9.26. The zero-order valence-corrected chi connectivity index (χ0v) is 15.2. The van der Waals surface area contributed by atoms with Gasteiger partial charge in [0.25, 0.3) is 0 Å². The van der Waals surface area contributed by atoms with E-state index >= 15 is 0 Å². The molecule has 3 heteroatoms. The van der Waals surface area contributed by atoms with E-state index in [0.29, 0.717) is 18.9 Å². The van der Waals surface area contributed by atoms with Crippen LogP contribution in [0.15, 0.2) is 42.5 Å². The molecule has 0 radical (unpaired) electrons. The average molecular weight is 335 g/mol. The summed E-state index contributed by atoms with van der Waals surface area (Å²) in [4.78, 5) is 28.6. The lowest BCUT2D eigenvalue weighted by Gasteiger charge is -2.36. The highest BCUT2D eigenvalue weighted by atomic mass is 16.2. The molecule has 130 valence electrons. The summed E-state index contributed by atoms with van der Waals surface area (Å²) in [7, 11) is 0. The van der Waals surface area contributed by atoms with E-state index in [-0.39, 0.29) is 17.1 Å². The Balaban J connectivity index is 1.80. The molecule has 2 saturated carbocycles. The van der Waals surface area contributed by atoms with Gasteiger partial charge in [0.2, 0.25) is 5.91 Å². The molecule has 0 spiro atoms. The van der Waals surface area contributed by atoms with Gasteiger partial charge >= 0.3 is 0 Å². The molecule has 0 saturated heterocycles. The predicted molar refractivity (Wildman–Crippen MR) is 101 cm³/mol. The highest BCUT2D eigenvalue weighted by molar-refractivity contribution is 6.17. The Hall–Kier alpha value is -2.16. The second kappa shape index (κ2) is 5.42. The van der Waals surface area contributed by atoms with Crippen molar-refractivity contribution in [3.8, 4) is 0 Å². The predicted octanol–water partition coefficient (Wildman–Crippen LogP) is 4.59. The number of hydrogen-bond donors (Lipinski definition) is 0. The highest BCUT2D eigenvalue weighted by Gasteiger charge is 2.65. The summed E-state index contributed by atoms with van der Waals surface area (Å²) in [6.07, 6.45) is 2.41. The molecule has 2 bridgehead atoms. The summed E-state index contributed by atoms with van der Waals surface area (Å²) in [5.41, 5.74) is -0.256. The van der Waals surface area contributed by atoms with E-state index in [0.717, 1.165) is 29.3 Å². The molecule has 2 fully saturated rings. The van der Waals surface area contributed by atoms with E-state index in [1.54, 1.807) is 0 Å². The minimum atomic E-state index is -0.804. The molecule has 2 atom stereocenters. The Kier molecular flexibility index (Phi) is 3.54. The number of anilines is 1. The molecule has 4 rings (SSSR count). The summed E-state index contributed by atoms with van der Waals surface area (Å²) in [5.74, 6) is 0.500. The van der Waals surface area contributed by atoms with Crippen LogP contribution in [0, 0.1) is 16.7 Å². The lowest BCUT2D eigenvalue weighted by Crippen LogP contribution is -2.49.